The monoisotopic (exact) mass is 306 g/mol. The second-order valence-electron chi connectivity index (χ2n) is 4.41. The Bertz CT molecular complexity index is 612. The molecule has 0 aliphatic heterocycles. The number of urea groups is 1. The molecule has 0 saturated heterocycles. The van der Waals surface area contributed by atoms with Gasteiger partial charge in [-0.25, -0.2) is 4.79 Å². The molecule has 112 valence electrons. The van der Waals surface area contributed by atoms with Crippen molar-refractivity contribution in [2.75, 3.05) is 19.5 Å². The van der Waals surface area contributed by atoms with Crippen LogP contribution in [0.15, 0.2) is 29.6 Å². The highest BCUT2D eigenvalue weighted by Crippen LogP contribution is 2.32. The Hall–Kier alpha value is -2.21. The number of hydrogen-bond donors (Lipinski definition) is 2. The molecule has 0 unspecified atom stereocenters. The number of hydrogen-bond acceptors (Lipinski definition) is 4. The van der Waals surface area contributed by atoms with Crippen molar-refractivity contribution in [1.82, 2.24) is 5.32 Å². The molecule has 0 atom stereocenters. The minimum Gasteiger partial charge on any atom is -0.493 e. The van der Waals surface area contributed by atoms with Crippen LogP contribution < -0.4 is 20.1 Å². The molecule has 0 aliphatic rings. The van der Waals surface area contributed by atoms with Crippen molar-refractivity contribution in [3.63, 3.8) is 0 Å². The van der Waals surface area contributed by atoms with Gasteiger partial charge in [0.05, 0.1) is 20.8 Å². The normalized spacial score (nSPS) is 10.0. The maximum Gasteiger partial charge on any atom is 0.319 e. The Morgan fingerprint density at radius 3 is 2.57 bits per heavy atom. The van der Waals surface area contributed by atoms with E-state index in [0.29, 0.717) is 23.7 Å². The summed E-state index contributed by atoms with van der Waals surface area (Å²) in [7, 11) is 3.14. The summed E-state index contributed by atoms with van der Waals surface area (Å²) in [6, 6.07) is 7.26. The number of thiophene rings is 1. The van der Waals surface area contributed by atoms with Crippen LogP contribution in [0.2, 0.25) is 0 Å². The van der Waals surface area contributed by atoms with E-state index in [0.717, 1.165) is 10.4 Å². The molecule has 1 aromatic heterocycles. The molecule has 0 radical (unpaired) electrons. The largest absolute Gasteiger partial charge is 0.493 e. The van der Waals surface area contributed by atoms with Gasteiger partial charge in [0, 0.05) is 16.6 Å². The van der Waals surface area contributed by atoms with Gasteiger partial charge in [0.15, 0.2) is 11.5 Å². The molecule has 2 amide bonds. The molecule has 1 aromatic carbocycles. The minimum atomic E-state index is -0.251. The molecule has 5 nitrogen and oxygen atoms in total. The third-order valence-electron chi connectivity index (χ3n) is 2.98. The molecular weight excluding hydrogens is 288 g/mol. The van der Waals surface area contributed by atoms with Crippen molar-refractivity contribution in [2.24, 2.45) is 0 Å². The summed E-state index contributed by atoms with van der Waals surface area (Å²) in [6.07, 6.45) is 0. The molecule has 2 rings (SSSR count). The zero-order chi connectivity index (χ0) is 15.2. The van der Waals surface area contributed by atoms with Gasteiger partial charge in [0.1, 0.15) is 0 Å². The second kappa shape index (κ2) is 6.99. The highest BCUT2D eigenvalue weighted by molar-refractivity contribution is 7.09. The fourth-order valence-electron chi connectivity index (χ4n) is 1.86. The molecule has 21 heavy (non-hydrogen) atoms. The summed E-state index contributed by atoms with van der Waals surface area (Å²) < 4.78 is 10.5. The van der Waals surface area contributed by atoms with Crippen molar-refractivity contribution < 1.29 is 14.3 Å². The molecule has 6 heteroatoms. The number of carbonyl (C=O) groups excluding carboxylic acids is 1. The maximum absolute atomic E-state index is 11.9. The number of ether oxygens (including phenoxy) is 2. The number of amides is 2. The first kappa shape index (κ1) is 15.2. The van der Waals surface area contributed by atoms with E-state index in [1.807, 2.05) is 30.5 Å². The van der Waals surface area contributed by atoms with Gasteiger partial charge < -0.3 is 20.1 Å². The predicted molar refractivity (Wildman–Crippen MR) is 84.5 cm³/mol. The summed E-state index contributed by atoms with van der Waals surface area (Å²) in [5.74, 6) is 1.22. The lowest BCUT2D eigenvalue weighted by atomic mass is 10.1. The fourth-order valence-corrected chi connectivity index (χ4v) is 2.51. The Morgan fingerprint density at radius 1 is 1.24 bits per heavy atom. The summed E-state index contributed by atoms with van der Waals surface area (Å²) in [5, 5.41) is 7.61. The van der Waals surface area contributed by atoms with E-state index in [1.165, 1.54) is 0 Å². The molecule has 0 bridgehead atoms. The minimum absolute atomic E-state index is 0.251. The summed E-state index contributed by atoms with van der Waals surface area (Å²) in [5.41, 5.74) is 1.59. The molecule has 0 spiro atoms. The lowest BCUT2D eigenvalue weighted by molar-refractivity contribution is 0.252. The lowest BCUT2D eigenvalue weighted by Crippen LogP contribution is -2.28. The topological polar surface area (TPSA) is 59.6 Å². The van der Waals surface area contributed by atoms with Gasteiger partial charge in [0.2, 0.25) is 0 Å². The van der Waals surface area contributed by atoms with Crippen LogP contribution in [0, 0.1) is 6.92 Å². The van der Waals surface area contributed by atoms with Crippen molar-refractivity contribution in [1.29, 1.82) is 0 Å². The lowest BCUT2D eigenvalue weighted by Gasteiger charge is -2.14. The number of anilines is 1. The van der Waals surface area contributed by atoms with Gasteiger partial charge in [0.25, 0.3) is 0 Å². The van der Waals surface area contributed by atoms with E-state index in [4.69, 9.17) is 9.47 Å². The zero-order valence-electron chi connectivity index (χ0n) is 12.2. The molecule has 2 aromatic rings. The number of aryl methyl sites for hydroxylation is 1. The van der Waals surface area contributed by atoms with Crippen LogP contribution in [0.3, 0.4) is 0 Å². The van der Waals surface area contributed by atoms with E-state index in [9.17, 15) is 4.79 Å². The summed E-state index contributed by atoms with van der Waals surface area (Å²) in [4.78, 5) is 13.0. The Kier molecular flexibility index (Phi) is 5.05. The molecule has 1 heterocycles. The van der Waals surface area contributed by atoms with E-state index in [2.05, 4.69) is 10.6 Å². The first-order chi connectivity index (χ1) is 10.1. The average Bonchev–Trinajstić information content (AvgIpc) is 3.00. The van der Waals surface area contributed by atoms with Crippen molar-refractivity contribution in [3.8, 4) is 11.5 Å². The zero-order valence-corrected chi connectivity index (χ0v) is 13.0. The number of rotatable bonds is 5. The van der Waals surface area contributed by atoms with Crippen LogP contribution in [0.5, 0.6) is 11.5 Å². The highest BCUT2D eigenvalue weighted by Gasteiger charge is 2.10. The fraction of sp³-hybridized carbons (Fsp3) is 0.267. The quantitative estimate of drug-likeness (QED) is 0.890. The number of benzene rings is 1. The summed E-state index contributed by atoms with van der Waals surface area (Å²) in [6.45, 7) is 2.41. The van der Waals surface area contributed by atoms with Crippen molar-refractivity contribution in [3.05, 3.63) is 40.1 Å². The van der Waals surface area contributed by atoms with Crippen LogP contribution >= 0.6 is 11.3 Å². The number of nitrogens with one attached hydrogen (secondary N) is 2. The molecule has 2 N–H and O–H groups in total. The van der Waals surface area contributed by atoms with Crippen molar-refractivity contribution >= 4 is 23.1 Å². The van der Waals surface area contributed by atoms with Gasteiger partial charge in [-0.2, -0.15) is 0 Å². The van der Waals surface area contributed by atoms with Gasteiger partial charge in [-0.1, -0.05) is 6.07 Å². The van der Waals surface area contributed by atoms with E-state index < -0.39 is 0 Å². The molecule has 0 saturated carbocycles. The standard InChI is InChI=1S/C15H18N2O3S/c1-10-7-13(19-2)14(20-3)8-12(10)17-15(18)16-9-11-5-4-6-21-11/h4-8H,9H2,1-3H3,(H2,16,17,18). The third kappa shape index (κ3) is 3.88. The van der Waals surface area contributed by atoms with Crippen LogP contribution in [0.1, 0.15) is 10.4 Å². The van der Waals surface area contributed by atoms with E-state index in [-0.39, 0.29) is 6.03 Å². The van der Waals surface area contributed by atoms with Gasteiger partial charge in [-0.3, -0.25) is 0 Å². The van der Waals surface area contributed by atoms with Gasteiger partial charge in [-0.05, 0) is 30.0 Å². The first-order valence-corrected chi connectivity index (χ1v) is 7.32. The van der Waals surface area contributed by atoms with E-state index in [1.54, 1.807) is 31.6 Å². The number of methoxy groups -OCH3 is 2. The smallest absolute Gasteiger partial charge is 0.319 e. The van der Waals surface area contributed by atoms with Crippen LogP contribution in [0.4, 0.5) is 10.5 Å². The predicted octanol–water partition coefficient (Wildman–Crippen LogP) is 3.40. The van der Waals surface area contributed by atoms with Crippen molar-refractivity contribution in [2.45, 2.75) is 13.5 Å². The molecule has 0 fully saturated rings. The Morgan fingerprint density at radius 2 is 1.95 bits per heavy atom. The first-order valence-electron chi connectivity index (χ1n) is 6.44. The van der Waals surface area contributed by atoms with Gasteiger partial charge >= 0.3 is 6.03 Å². The maximum atomic E-state index is 11.9. The SMILES string of the molecule is COc1cc(C)c(NC(=O)NCc2cccs2)cc1OC. The Balaban J connectivity index is 2.03. The Labute approximate surface area is 127 Å². The van der Waals surface area contributed by atoms with E-state index >= 15 is 0 Å². The average molecular weight is 306 g/mol. The molecular formula is C15H18N2O3S. The third-order valence-corrected chi connectivity index (χ3v) is 3.86. The van der Waals surface area contributed by atoms with Crippen LogP contribution in [0.25, 0.3) is 0 Å². The second-order valence-corrected chi connectivity index (χ2v) is 5.44. The van der Waals surface area contributed by atoms with Gasteiger partial charge in [-0.15, -0.1) is 11.3 Å². The van der Waals surface area contributed by atoms with Crippen LogP contribution in [-0.4, -0.2) is 20.3 Å². The highest BCUT2D eigenvalue weighted by atomic mass is 32.1. The van der Waals surface area contributed by atoms with Crippen LogP contribution in [-0.2, 0) is 6.54 Å². The number of carbonyl (C=O) groups is 1. The summed E-state index contributed by atoms with van der Waals surface area (Å²) >= 11 is 1.61. The molecule has 0 aliphatic carbocycles.